The van der Waals surface area contributed by atoms with Crippen molar-refractivity contribution in [1.29, 1.82) is 0 Å². The zero-order valence-corrected chi connectivity index (χ0v) is 12.8. The molecule has 0 unspecified atom stereocenters. The maximum absolute atomic E-state index is 12.4. The van der Waals surface area contributed by atoms with Gasteiger partial charge in [-0.1, -0.05) is 31.3 Å². The summed E-state index contributed by atoms with van der Waals surface area (Å²) in [5.41, 5.74) is 2.73. The zero-order valence-electron chi connectivity index (χ0n) is 12.8. The molecule has 3 heteroatoms. The SMILES string of the molecule is CCCC1(CNC(=O)c2cc(C#CCO)ccc2C)CC1. The monoisotopic (exact) mass is 285 g/mol. The fourth-order valence-corrected chi connectivity index (χ4v) is 2.67. The molecule has 1 aromatic carbocycles. The van der Waals surface area contributed by atoms with Crippen LogP contribution in [0.4, 0.5) is 0 Å². The summed E-state index contributed by atoms with van der Waals surface area (Å²) in [6.45, 7) is 4.72. The number of rotatable bonds is 5. The van der Waals surface area contributed by atoms with Crippen LogP contribution in [0.1, 0.15) is 54.1 Å². The molecular formula is C18H23NO2. The molecule has 0 bridgehead atoms. The van der Waals surface area contributed by atoms with E-state index in [0.29, 0.717) is 11.0 Å². The molecule has 0 radical (unpaired) electrons. The van der Waals surface area contributed by atoms with Crippen molar-refractivity contribution in [3.63, 3.8) is 0 Å². The van der Waals surface area contributed by atoms with Gasteiger partial charge in [0.1, 0.15) is 6.61 Å². The second-order valence-corrected chi connectivity index (χ2v) is 5.92. The van der Waals surface area contributed by atoms with Gasteiger partial charge in [0.15, 0.2) is 0 Å². The fourth-order valence-electron chi connectivity index (χ4n) is 2.67. The van der Waals surface area contributed by atoms with Crippen molar-refractivity contribution in [2.45, 2.75) is 39.5 Å². The van der Waals surface area contributed by atoms with Crippen molar-refractivity contribution in [1.82, 2.24) is 5.32 Å². The molecule has 1 aromatic rings. The van der Waals surface area contributed by atoms with E-state index >= 15 is 0 Å². The van der Waals surface area contributed by atoms with Gasteiger partial charge in [0.05, 0.1) is 0 Å². The molecular weight excluding hydrogens is 262 g/mol. The van der Waals surface area contributed by atoms with E-state index in [2.05, 4.69) is 24.1 Å². The molecule has 2 N–H and O–H groups in total. The predicted octanol–water partition coefficient (Wildman–Crippen LogP) is 2.65. The number of carbonyl (C=O) groups excluding carboxylic acids is 1. The number of aryl methyl sites for hydroxylation is 1. The van der Waals surface area contributed by atoms with Crippen LogP contribution >= 0.6 is 0 Å². The molecule has 1 saturated carbocycles. The average molecular weight is 285 g/mol. The lowest BCUT2D eigenvalue weighted by atomic mass is 10.00. The van der Waals surface area contributed by atoms with Crippen LogP contribution in [0.15, 0.2) is 18.2 Å². The third kappa shape index (κ3) is 4.09. The van der Waals surface area contributed by atoms with Gasteiger partial charge >= 0.3 is 0 Å². The molecule has 0 spiro atoms. The molecule has 3 nitrogen and oxygen atoms in total. The van der Waals surface area contributed by atoms with E-state index in [4.69, 9.17) is 5.11 Å². The van der Waals surface area contributed by atoms with Crippen molar-refractivity contribution >= 4 is 5.91 Å². The number of aliphatic hydroxyl groups excluding tert-OH is 1. The van der Waals surface area contributed by atoms with E-state index in [1.54, 1.807) is 6.07 Å². The standard InChI is InChI=1S/C18H23NO2/c1-3-8-18(9-10-18)13-19-17(21)16-12-15(5-4-11-20)7-6-14(16)2/h6-7,12,20H,3,8-11,13H2,1-2H3,(H,19,21). The molecule has 0 atom stereocenters. The topological polar surface area (TPSA) is 49.3 Å². The van der Waals surface area contributed by atoms with E-state index in [1.807, 2.05) is 19.1 Å². The van der Waals surface area contributed by atoms with Gasteiger partial charge in [-0.15, -0.1) is 0 Å². The molecule has 21 heavy (non-hydrogen) atoms. The van der Waals surface area contributed by atoms with Gasteiger partial charge in [-0.05, 0) is 49.3 Å². The maximum atomic E-state index is 12.4. The van der Waals surface area contributed by atoms with E-state index in [1.165, 1.54) is 25.7 Å². The summed E-state index contributed by atoms with van der Waals surface area (Å²) < 4.78 is 0. The average Bonchev–Trinajstić information content (AvgIpc) is 3.24. The molecule has 0 aliphatic heterocycles. The predicted molar refractivity (Wildman–Crippen MR) is 84.1 cm³/mol. The van der Waals surface area contributed by atoms with Crippen molar-refractivity contribution in [3.8, 4) is 11.8 Å². The molecule has 2 rings (SSSR count). The molecule has 1 fully saturated rings. The van der Waals surface area contributed by atoms with Crippen molar-refractivity contribution in [2.24, 2.45) is 5.41 Å². The molecule has 1 aliphatic rings. The van der Waals surface area contributed by atoms with Gasteiger partial charge < -0.3 is 10.4 Å². The summed E-state index contributed by atoms with van der Waals surface area (Å²) in [7, 11) is 0. The first-order chi connectivity index (χ1) is 10.1. The Kier molecular flexibility index (Phi) is 5.03. The zero-order chi connectivity index (χ0) is 15.3. The largest absolute Gasteiger partial charge is 0.384 e. The highest BCUT2D eigenvalue weighted by molar-refractivity contribution is 5.96. The third-order valence-corrected chi connectivity index (χ3v) is 4.16. The highest BCUT2D eigenvalue weighted by atomic mass is 16.2. The lowest BCUT2D eigenvalue weighted by Gasteiger charge is -2.15. The van der Waals surface area contributed by atoms with Crippen LogP contribution in [-0.4, -0.2) is 24.2 Å². The Morgan fingerprint density at radius 1 is 1.43 bits per heavy atom. The number of hydrogen-bond acceptors (Lipinski definition) is 2. The number of benzene rings is 1. The Hall–Kier alpha value is -1.79. The van der Waals surface area contributed by atoms with Crippen LogP contribution < -0.4 is 5.32 Å². The van der Waals surface area contributed by atoms with Gasteiger partial charge in [0.25, 0.3) is 5.91 Å². The number of carbonyl (C=O) groups is 1. The number of hydrogen-bond donors (Lipinski definition) is 2. The highest BCUT2D eigenvalue weighted by Gasteiger charge is 2.41. The van der Waals surface area contributed by atoms with Crippen LogP contribution in [0.5, 0.6) is 0 Å². The number of amides is 1. The van der Waals surface area contributed by atoms with Crippen molar-refractivity contribution in [2.75, 3.05) is 13.2 Å². The molecule has 0 aromatic heterocycles. The number of nitrogens with one attached hydrogen (secondary N) is 1. The first kappa shape index (κ1) is 15.6. The van der Waals surface area contributed by atoms with Crippen molar-refractivity contribution in [3.05, 3.63) is 34.9 Å². The normalized spacial score (nSPS) is 15.0. The molecule has 112 valence electrons. The lowest BCUT2D eigenvalue weighted by Crippen LogP contribution is -2.30. The molecule has 0 heterocycles. The summed E-state index contributed by atoms with van der Waals surface area (Å²) in [5, 5.41) is 11.8. The Balaban J connectivity index is 2.04. The summed E-state index contributed by atoms with van der Waals surface area (Å²) in [5.74, 6) is 5.42. The van der Waals surface area contributed by atoms with Crippen LogP contribution in [-0.2, 0) is 0 Å². The first-order valence-electron chi connectivity index (χ1n) is 7.59. The molecule has 1 amide bonds. The van der Waals surface area contributed by atoms with Gasteiger partial charge in [0.2, 0.25) is 0 Å². The van der Waals surface area contributed by atoms with Crippen LogP contribution in [0.3, 0.4) is 0 Å². The molecule has 1 aliphatic carbocycles. The lowest BCUT2D eigenvalue weighted by molar-refractivity contribution is 0.0943. The first-order valence-corrected chi connectivity index (χ1v) is 7.59. The minimum atomic E-state index is -0.172. The van der Waals surface area contributed by atoms with Crippen LogP contribution in [0.25, 0.3) is 0 Å². The molecule has 0 saturated heterocycles. The van der Waals surface area contributed by atoms with E-state index in [-0.39, 0.29) is 12.5 Å². The van der Waals surface area contributed by atoms with Crippen LogP contribution in [0, 0.1) is 24.2 Å². The summed E-state index contributed by atoms with van der Waals surface area (Å²) in [4.78, 5) is 12.4. The summed E-state index contributed by atoms with van der Waals surface area (Å²) in [6, 6.07) is 5.57. The van der Waals surface area contributed by atoms with E-state index in [0.717, 1.165) is 17.7 Å². The minimum Gasteiger partial charge on any atom is -0.384 e. The van der Waals surface area contributed by atoms with Crippen LogP contribution in [0.2, 0.25) is 0 Å². The van der Waals surface area contributed by atoms with Gasteiger partial charge in [-0.25, -0.2) is 0 Å². The van der Waals surface area contributed by atoms with Crippen molar-refractivity contribution < 1.29 is 9.90 Å². The number of aliphatic hydroxyl groups is 1. The van der Waals surface area contributed by atoms with E-state index in [9.17, 15) is 4.79 Å². The quantitative estimate of drug-likeness (QED) is 0.817. The van der Waals surface area contributed by atoms with Gasteiger partial charge in [-0.2, -0.15) is 0 Å². The summed E-state index contributed by atoms with van der Waals surface area (Å²) >= 11 is 0. The maximum Gasteiger partial charge on any atom is 0.251 e. The van der Waals surface area contributed by atoms with Gasteiger partial charge in [-0.3, -0.25) is 4.79 Å². The third-order valence-electron chi connectivity index (χ3n) is 4.16. The Labute approximate surface area is 126 Å². The van der Waals surface area contributed by atoms with Gasteiger partial charge in [0, 0.05) is 17.7 Å². The Morgan fingerprint density at radius 2 is 2.19 bits per heavy atom. The van der Waals surface area contributed by atoms with E-state index < -0.39 is 0 Å². The smallest absolute Gasteiger partial charge is 0.251 e. The second-order valence-electron chi connectivity index (χ2n) is 5.92. The summed E-state index contributed by atoms with van der Waals surface area (Å²) in [6.07, 6.45) is 4.81. The Morgan fingerprint density at radius 3 is 2.81 bits per heavy atom. The Bertz CT molecular complexity index is 577. The second kappa shape index (κ2) is 6.78. The fraction of sp³-hybridized carbons (Fsp3) is 0.500. The minimum absolute atomic E-state index is 0.0254. The highest BCUT2D eigenvalue weighted by Crippen LogP contribution is 2.48.